The van der Waals surface area contributed by atoms with Gasteiger partial charge in [-0.05, 0) is 38.1 Å². The highest BCUT2D eigenvalue weighted by Gasteiger charge is 2.39. The second kappa shape index (κ2) is 6.27. The second-order valence-electron chi connectivity index (χ2n) is 5.61. The molecule has 3 rings (SSSR count). The molecule has 1 aromatic rings. The van der Waals surface area contributed by atoms with E-state index in [0.29, 0.717) is 12.1 Å². The summed E-state index contributed by atoms with van der Waals surface area (Å²) in [6.45, 7) is 2.40. The zero-order valence-electron chi connectivity index (χ0n) is 12.3. The SMILES string of the molecule is O=C1C(=O)N(C2CCNCC2)CCN1C(=O)c1ccccc1. The Hall–Kier alpha value is -2.21. The first-order valence-electron chi connectivity index (χ1n) is 7.61. The molecule has 0 aliphatic carbocycles. The van der Waals surface area contributed by atoms with E-state index >= 15 is 0 Å². The minimum Gasteiger partial charge on any atom is -0.330 e. The van der Waals surface area contributed by atoms with Gasteiger partial charge in [0.2, 0.25) is 0 Å². The highest BCUT2D eigenvalue weighted by Crippen LogP contribution is 2.17. The molecule has 2 aliphatic heterocycles. The summed E-state index contributed by atoms with van der Waals surface area (Å²) in [5, 5.41) is 3.24. The molecule has 1 aromatic carbocycles. The first kappa shape index (κ1) is 14.7. The van der Waals surface area contributed by atoms with Crippen LogP contribution in [0.4, 0.5) is 0 Å². The third kappa shape index (κ3) is 2.74. The van der Waals surface area contributed by atoms with Crippen LogP contribution in [0.15, 0.2) is 30.3 Å². The summed E-state index contributed by atoms with van der Waals surface area (Å²) in [6, 6.07) is 8.69. The van der Waals surface area contributed by atoms with Gasteiger partial charge < -0.3 is 10.2 Å². The van der Waals surface area contributed by atoms with Crippen LogP contribution in [-0.4, -0.2) is 59.7 Å². The summed E-state index contributed by atoms with van der Waals surface area (Å²) >= 11 is 0. The Morgan fingerprint density at radius 1 is 1.00 bits per heavy atom. The van der Waals surface area contributed by atoms with E-state index in [9.17, 15) is 14.4 Å². The number of amides is 3. The molecule has 0 saturated carbocycles. The largest absolute Gasteiger partial charge is 0.330 e. The quantitative estimate of drug-likeness (QED) is 0.628. The van der Waals surface area contributed by atoms with E-state index in [4.69, 9.17) is 0 Å². The van der Waals surface area contributed by atoms with Gasteiger partial charge in [-0.3, -0.25) is 19.3 Å². The van der Waals surface area contributed by atoms with Gasteiger partial charge >= 0.3 is 11.8 Å². The number of hydrogen-bond acceptors (Lipinski definition) is 4. The van der Waals surface area contributed by atoms with Crippen molar-refractivity contribution in [2.75, 3.05) is 26.2 Å². The molecule has 0 unspecified atom stereocenters. The van der Waals surface area contributed by atoms with E-state index in [1.165, 1.54) is 0 Å². The molecule has 22 heavy (non-hydrogen) atoms. The molecule has 0 spiro atoms. The van der Waals surface area contributed by atoms with Gasteiger partial charge in [-0.2, -0.15) is 0 Å². The molecule has 0 aromatic heterocycles. The maximum Gasteiger partial charge on any atom is 0.319 e. The molecule has 0 radical (unpaired) electrons. The first-order chi connectivity index (χ1) is 10.7. The van der Waals surface area contributed by atoms with Crippen molar-refractivity contribution in [3.63, 3.8) is 0 Å². The molecule has 2 fully saturated rings. The number of nitrogens with one attached hydrogen (secondary N) is 1. The summed E-state index contributed by atoms with van der Waals surface area (Å²) in [7, 11) is 0. The minimum absolute atomic E-state index is 0.103. The van der Waals surface area contributed by atoms with Gasteiger partial charge in [0.1, 0.15) is 0 Å². The topological polar surface area (TPSA) is 69.7 Å². The predicted octanol–water partition coefficient (Wildman–Crippen LogP) is 0.250. The van der Waals surface area contributed by atoms with Crippen molar-refractivity contribution in [2.24, 2.45) is 0 Å². The van der Waals surface area contributed by atoms with Crippen LogP contribution in [0.3, 0.4) is 0 Å². The van der Waals surface area contributed by atoms with Crippen molar-refractivity contribution in [1.29, 1.82) is 0 Å². The average molecular weight is 301 g/mol. The number of hydrogen-bond donors (Lipinski definition) is 1. The lowest BCUT2D eigenvalue weighted by Gasteiger charge is -2.39. The van der Waals surface area contributed by atoms with E-state index in [-0.39, 0.29) is 12.6 Å². The van der Waals surface area contributed by atoms with Gasteiger partial charge in [-0.25, -0.2) is 0 Å². The molecule has 6 heteroatoms. The Labute approximate surface area is 129 Å². The molecule has 0 bridgehead atoms. The Balaban J connectivity index is 1.72. The predicted molar refractivity (Wildman–Crippen MR) is 80.1 cm³/mol. The fourth-order valence-corrected chi connectivity index (χ4v) is 3.05. The number of carbonyl (C=O) groups is 3. The van der Waals surface area contributed by atoms with Gasteiger partial charge in [0.05, 0.1) is 0 Å². The maximum absolute atomic E-state index is 12.4. The minimum atomic E-state index is -0.710. The highest BCUT2D eigenvalue weighted by molar-refractivity contribution is 6.39. The van der Waals surface area contributed by atoms with E-state index in [1.54, 1.807) is 35.2 Å². The lowest BCUT2D eigenvalue weighted by Crippen LogP contribution is -2.60. The second-order valence-corrected chi connectivity index (χ2v) is 5.61. The zero-order valence-corrected chi connectivity index (χ0v) is 12.3. The van der Waals surface area contributed by atoms with E-state index in [2.05, 4.69) is 5.32 Å². The number of imide groups is 1. The Morgan fingerprint density at radius 3 is 2.36 bits per heavy atom. The van der Waals surface area contributed by atoms with Crippen LogP contribution in [0.1, 0.15) is 23.2 Å². The fraction of sp³-hybridized carbons (Fsp3) is 0.438. The Bertz CT molecular complexity index is 582. The summed E-state index contributed by atoms with van der Waals surface area (Å²) in [5.41, 5.74) is 0.430. The maximum atomic E-state index is 12.4. The smallest absolute Gasteiger partial charge is 0.319 e. The van der Waals surface area contributed by atoms with Crippen LogP contribution >= 0.6 is 0 Å². The lowest BCUT2D eigenvalue weighted by molar-refractivity contribution is -0.156. The molecule has 0 atom stereocenters. The van der Waals surface area contributed by atoms with Gasteiger partial charge in [0.15, 0.2) is 0 Å². The average Bonchev–Trinajstić information content (AvgIpc) is 2.58. The monoisotopic (exact) mass is 301 g/mol. The Morgan fingerprint density at radius 2 is 1.68 bits per heavy atom. The number of benzene rings is 1. The molecule has 6 nitrogen and oxygen atoms in total. The molecule has 116 valence electrons. The number of rotatable bonds is 2. The third-order valence-electron chi connectivity index (χ3n) is 4.27. The number of piperazine rings is 1. The van der Waals surface area contributed by atoms with E-state index in [0.717, 1.165) is 30.8 Å². The van der Waals surface area contributed by atoms with Crippen LogP contribution < -0.4 is 5.32 Å². The van der Waals surface area contributed by atoms with E-state index < -0.39 is 17.7 Å². The van der Waals surface area contributed by atoms with Crippen LogP contribution in [0, 0.1) is 0 Å². The normalized spacial score (nSPS) is 20.4. The summed E-state index contributed by atoms with van der Waals surface area (Å²) in [4.78, 5) is 39.7. The highest BCUT2D eigenvalue weighted by atomic mass is 16.2. The third-order valence-corrected chi connectivity index (χ3v) is 4.27. The molecule has 2 heterocycles. The Kier molecular flexibility index (Phi) is 4.20. The number of piperidine rings is 1. The molecule has 2 saturated heterocycles. The summed E-state index contributed by atoms with van der Waals surface area (Å²) in [6.07, 6.45) is 1.71. The molecule has 3 amide bonds. The van der Waals surface area contributed by atoms with Crippen molar-refractivity contribution in [1.82, 2.24) is 15.1 Å². The standard InChI is InChI=1S/C16H19N3O3/c20-14(12-4-2-1-3-5-12)19-11-10-18(15(21)16(19)22)13-6-8-17-9-7-13/h1-5,13,17H,6-11H2. The van der Waals surface area contributed by atoms with Gasteiger partial charge in [-0.1, -0.05) is 18.2 Å². The number of nitrogens with zero attached hydrogens (tertiary/aromatic N) is 2. The molecular weight excluding hydrogens is 282 g/mol. The lowest BCUT2D eigenvalue weighted by atomic mass is 10.0. The molecule has 2 aliphatic rings. The van der Waals surface area contributed by atoms with Gasteiger partial charge in [0, 0.05) is 24.7 Å². The van der Waals surface area contributed by atoms with Crippen molar-refractivity contribution in [3.05, 3.63) is 35.9 Å². The van der Waals surface area contributed by atoms with Crippen molar-refractivity contribution >= 4 is 17.7 Å². The zero-order chi connectivity index (χ0) is 15.5. The summed E-state index contributed by atoms with van der Waals surface area (Å²) in [5.74, 6) is -1.66. The van der Waals surface area contributed by atoms with Gasteiger partial charge in [-0.15, -0.1) is 0 Å². The first-order valence-corrected chi connectivity index (χ1v) is 7.61. The van der Waals surface area contributed by atoms with Crippen LogP contribution in [0.2, 0.25) is 0 Å². The summed E-state index contributed by atoms with van der Waals surface area (Å²) < 4.78 is 0. The van der Waals surface area contributed by atoms with Crippen LogP contribution in [0.5, 0.6) is 0 Å². The van der Waals surface area contributed by atoms with Crippen LogP contribution in [-0.2, 0) is 9.59 Å². The van der Waals surface area contributed by atoms with Crippen LogP contribution in [0.25, 0.3) is 0 Å². The molecule has 1 N–H and O–H groups in total. The number of carbonyl (C=O) groups excluding carboxylic acids is 3. The van der Waals surface area contributed by atoms with Crippen molar-refractivity contribution in [2.45, 2.75) is 18.9 Å². The fourth-order valence-electron chi connectivity index (χ4n) is 3.05. The van der Waals surface area contributed by atoms with Crippen molar-refractivity contribution < 1.29 is 14.4 Å². The van der Waals surface area contributed by atoms with Crippen molar-refractivity contribution in [3.8, 4) is 0 Å². The van der Waals surface area contributed by atoms with Gasteiger partial charge in [0.25, 0.3) is 5.91 Å². The van der Waals surface area contributed by atoms with E-state index in [1.807, 2.05) is 0 Å². The molecular formula is C16H19N3O3.